The van der Waals surface area contributed by atoms with Gasteiger partial charge in [-0.2, -0.15) is 0 Å². The Balaban J connectivity index is 1.82. The second-order valence-electron chi connectivity index (χ2n) is 3.37. The first-order valence-corrected chi connectivity index (χ1v) is 4.91. The van der Waals surface area contributed by atoms with Crippen molar-refractivity contribution in [2.45, 2.75) is 12.7 Å². The summed E-state index contributed by atoms with van der Waals surface area (Å²) in [6.45, 7) is 0.361. The molecule has 5 nitrogen and oxygen atoms in total. The summed E-state index contributed by atoms with van der Waals surface area (Å²) in [6, 6.07) is 9.31. The molecular weight excluding hydrogens is 210 g/mol. The van der Waals surface area contributed by atoms with Crippen LogP contribution < -0.4 is 5.32 Å². The minimum atomic E-state index is -0.823. The molecule has 1 amide bonds. The third-order valence-corrected chi connectivity index (χ3v) is 2.17. The molecular formula is C11H11NO4. The van der Waals surface area contributed by atoms with E-state index in [4.69, 9.17) is 4.74 Å². The van der Waals surface area contributed by atoms with Gasteiger partial charge in [-0.1, -0.05) is 30.3 Å². The van der Waals surface area contributed by atoms with E-state index in [9.17, 15) is 9.59 Å². The fourth-order valence-electron chi connectivity index (χ4n) is 1.34. The zero-order valence-electron chi connectivity index (χ0n) is 8.51. The van der Waals surface area contributed by atoms with E-state index < -0.39 is 18.2 Å². The van der Waals surface area contributed by atoms with Gasteiger partial charge in [0.25, 0.3) is 0 Å². The Morgan fingerprint density at radius 3 is 2.81 bits per heavy atom. The SMILES string of the molecule is O=C1NCC(C(=O)OCc2ccccc2)O1. The van der Waals surface area contributed by atoms with Crippen LogP contribution in [0.5, 0.6) is 0 Å². The molecule has 1 aliphatic rings. The van der Waals surface area contributed by atoms with Gasteiger partial charge in [0.15, 0.2) is 0 Å². The number of esters is 1. The zero-order chi connectivity index (χ0) is 11.4. The van der Waals surface area contributed by atoms with Crippen molar-refractivity contribution in [3.63, 3.8) is 0 Å². The number of alkyl carbamates (subject to hydrolysis) is 1. The standard InChI is InChI=1S/C11H11NO4/c13-10(9-6-12-11(14)16-9)15-7-8-4-2-1-3-5-8/h1-5,9H,6-7H2,(H,12,14). The van der Waals surface area contributed by atoms with Gasteiger partial charge in [-0.15, -0.1) is 0 Å². The van der Waals surface area contributed by atoms with Crippen molar-refractivity contribution in [1.82, 2.24) is 5.32 Å². The van der Waals surface area contributed by atoms with Crippen molar-refractivity contribution >= 4 is 12.1 Å². The predicted molar refractivity (Wildman–Crippen MR) is 54.5 cm³/mol. The second-order valence-corrected chi connectivity index (χ2v) is 3.37. The molecule has 0 aliphatic carbocycles. The van der Waals surface area contributed by atoms with Gasteiger partial charge in [0.2, 0.25) is 6.10 Å². The highest BCUT2D eigenvalue weighted by molar-refractivity contribution is 5.82. The van der Waals surface area contributed by atoms with Crippen LogP contribution in [0, 0.1) is 0 Å². The molecule has 1 N–H and O–H groups in total. The molecule has 1 fully saturated rings. The molecule has 1 aromatic rings. The third-order valence-electron chi connectivity index (χ3n) is 2.17. The number of hydrogen-bond donors (Lipinski definition) is 1. The summed E-state index contributed by atoms with van der Waals surface area (Å²) in [5.41, 5.74) is 0.896. The van der Waals surface area contributed by atoms with Crippen LogP contribution in [0.15, 0.2) is 30.3 Å². The Bertz CT molecular complexity index is 390. The van der Waals surface area contributed by atoms with E-state index in [2.05, 4.69) is 10.1 Å². The fourth-order valence-corrected chi connectivity index (χ4v) is 1.34. The third kappa shape index (κ3) is 2.50. The van der Waals surface area contributed by atoms with Gasteiger partial charge in [0.1, 0.15) is 6.61 Å². The molecule has 1 aromatic carbocycles. The first-order valence-electron chi connectivity index (χ1n) is 4.91. The van der Waals surface area contributed by atoms with Crippen LogP contribution in [0.4, 0.5) is 4.79 Å². The topological polar surface area (TPSA) is 64.6 Å². The molecule has 0 radical (unpaired) electrons. The van der Waals surface area contributed by atoms with E-state index in [1.807, 2.05) is 30.3 Å². The van der Waals surface area contributed by atoms with Crippen molar-refractivity contribution in [2.75, 3.05) is 6.54 Å². The molecule has 0 saturated carbocycles. The number of benzene rings is 1. The molecule has 84 valence electrons. The summed E-state index contributed by atoms with van der Waals surface area (Å²) in [5.74, 6) is -0.526. The van der Waals surface area contributed by atoms with Crippen LogP contribution >= 0.6 is 0 Å². The number of carbonyl (C=O) groups excluding carboxylic acids is 2. The molecule has 1 aliphatic heterocycles. The van der Waals surface area contributed by atoms with Crippen LogP contribution in [0.25, 0.3) is 0 Å². The first kappa shape index (κ1) is 10.5. The average Bonchev–Trinajstić information content (AvgIpc) is 2.74. The monoisotopic (exact) mass is 221 g/mol. The number of carbonyl (C=O) groups is 2. The predicted octanol–water partition coefficient (Wildman–Crippen LogP) is 0.838. The summed E-state index contributed by atoms with van der Waals surface area (Å²) in [4.78, 5) is 22.1. The van der Waals surface area contributed by atoms with Gasteiger partial charge in [0, 0.05) is 0 Å². The zero-order valence-corrected chi connectivity index (χ0v) is 8.51. The Labute approximate surface area is 92.4 Å². The second kappa shape index (κ2) is 4.65. The molecule has 0 aromatic heterocycles. The smallest absolute Gasteiger partial charge is 0.408 e. The molecule has 0 spiro atoms. The van der Waals surface area contributed by atoms with Gasteiger partial charge in [-0.3, -0.25) is 0 Å². The first-order chi connectivity index (χ1) is 7.75. The molecule has 1 unspecified atom stereocenters. The highest BCUT2D eigenvalue weighted by Gasteiger charge is 2.30. The van der Waals surface area contributed by atoms with Crippen LogP contribution in [0.1, 0.15) is 5.56 Å². The highest BCUT2D eigenvalue weighted by Crippen LogP contribution is 2.06. The van der Waals surface area contributed by atoms with E-state index in [-0.39, 0.29) is 13.2 Å². The fraction of sp³-hybridized carbons (Fsp3) is 0.273. The van der Waals surface area contributed by atoms with Gasteiger partial charge in [-0.25, -0.2) is 9.59 Å². The van der Waals surface area contributed by atoms with Gasteiger partial charge < -0.3 is 14.8 Å². The largest absolute Gasteiger partial charge is 0.458 e. The quantitative estimate of drug-likeness (QED) is 0.768. The summed E-state index contributed by atoms with van der Waals surface area (Å²) >= 11 is 0. The summed E-state index contributed by atoms with van der Waals surface area (Å²) in [7, 11) is 0. The Hall–Kier alpha value is -2.04. The Kier molecular flexibility index (Phi) is 3.05. The number of nitrogens with one attached hydrogen (secondary N) is 1. The minimum absolute atomic E-state index is 0.173. The average molecular weight is 221 g/mol. The van der Waals surface area contributed by atoms with Crippen LogP contribution in [0.2, 0.25) is 0 Å². The number of cyclic esters (lactones) is 1. The molecule has 2 rings (SSSR count). The number of ether oxygens (including phenoxy) is 2. The number of amides is 1. The molecule has 1 heterocycles. The van der Waals surface area contributed by atoms with Crippen LogP contribution in [-0.2, 0) is 20.9 Å². The van der Waals surface area contributed by atoms with E-state index in [0.29, 0.717) is 0 Å². The van der Waals surface area contributed by atoms with Gasteiger partial charge >= 0.3 is 12.1 Å². The van der Waals surface area contributed by atoms with E-state index in [0.717, 1.165) is 5.56 Å². The van der Waals surface area contributed by atoms with Crippen LogP contribution in [0.3, 0.4) is 0 Å². The molecule has 1 atom stereocenters. The number of hydrogen-bond acceptors (Lipinski definition) is 4. The lowest BCUT2D eigenvalue weighted by atomic mass is 10.2. The molecule has 16 heavy (non-hydrogen) atoms. The molecule has 0 bridgehead atoms. The lowest BCUT2D eigenvalue weighted by molar-refractivity contribution is -0.152. The maximum Gasteiger partial charge on any atom is 0.408 e. The lowest BCUT2D eigenvalue weighted by Crippen LogP contribution is -2.26. The Morgan fingerprint density at radius 2 is 2.19 bits per heavy atom. The maximum absolute atomic E-state index is 11.4. The van der Waals surface area contributed by atoms with Gasteiger partial charge in [-0.05, 0) is 5.56 Å². The maximum atomic E-state index is 11.4. The van der Waals surface area contributed by atoms with Crippen molar-refractivity contribution < 1.29 is 19.1 Å². The van der Waals surface area contributed by atoms with Crippen molar-refractivity contribution in [3.8, 4) is 0 Å². The number of rotatable bonds is 3. The lowest BCUT2D eigenvalue weighted by Gasteiger charge is -2.08. The Morgan fingerprint density at radius 1 is 1.44 bits per heavy atom. The summed E-state index contributed by atoms with van der Waals surface area (Å²) in [6.07, 6.45) is -1.40. The normalized spacial score (nSPS) is 18.8. The van der Waals surface area contributed by atoms with Crippen molar-refractivity contribution in [2.24, 2.45) is 0 Å². The minimum Gasteiger partial charge on any atom is -0.458 e. The summed E-state index contributed by atoms with van der Waals surface area (Å²) < 4.78 is 9.69. The molecule has 5 heteroatoms. The summed E-state index contributed by atoms with van der Waals surface area (Å²) in [5, 5.41) is 2.39. The van der Waals surface area contributed by atoms with E-state index >= 15 is 0 Å². The van der Waals surface area contributed by atoms with Crippen molar-refractivity contribution in [1.29, 1.82) is 0 Å². The highest BCUT2D eigenvalue weighted by atomic mass is 16.6. The van der Waals surface area contributed by atoms with E-state index in [1.54, 1.807) is 0 Å². The molecule has 1 saturated heterocycles. The van der Waals surface area contributed by atoms with E-state index in [1.165, 1.54) is 0 Å². The van der Waals surface area contributed by atoms with Gasteiger partial charge in [0.05, 0.1) is 6.54 Å². The van der Waals surface area contributed by atoms with Crippen LogP contribution in [-0.4, -0.2) is 24.7 Å². The van der Waals surface area contributed by atoms with Crippen molar-refractivity contribution in [3.05, 3.63) is 35.9 Å².